The van der Waals surface area contributed by atoms with Gasteiger partial charge in [-0.3, -0.25) is 9.59 Å². The van der Waals surface area contributed by atoms with Gasteiger partial charge in [0.25, 0.3) is 5.91 Å². The maximum absolute atomic E-state index is 12.5. The summed E-state index contributed by atoms with van der Waals surface area (Å²) in [4.78, 5) is 26.3. The van der Waals surface area contributed by atoms with Gasteiger partial charge in [-0.2, -0.15) is 0 Å². The highest BCUT2D eigenvalue weighted by atomic mass is 16.2. The van der Waals surface area contributed by atoms with Gasteiger partial charge in [0.15, 0.2) is 0 Å². The number of carbonyl (C=O) groups excluding carboxylic acids is 2. The van der Waals surface area contributed by atoms with E-state index in [4.69, 9.17) is 0 Å². The Morgan fingerprint density at radius 1 is 0.958 bits per heavy atom. The van der Waals surface area contributed by atoms with Crippen LogP contribution >= 0.6 is 0 Å². The Labute approximate surface area is 143 Å². The van der Waals surface area contributed by atoms with Crippen LogP contribution in [0.1, 0.15) is 42.2 Å². The molecule has 0 aliphatic rings. The number of nitrogens with one attached hydrogen (secondary N) is 1. The first-order valence-corrected chi connectivity index (χ1v) is 8.15. The van der Waals surface area contributed by atoms with Crippen LogP contribution in [-0.4, -0.2) is 29.8 Å². The van der Waals surface area contributed by atoms with Crippen LogP contribution in [0.3, 0.4) is 0 Å². The molecule has 0 aliphatic carbocycles. The second kappa shape index (κ2) is 8.29. The fraction of sp³-hybridized carbons (Fsp3) is 0.300. The molecule has 0 heterocycles. The van der Waals surface area contributed by atoms with Gasteiger partial charge in [0.2, 0.25) is 5.91 Å². The topological polar surface area (TPSA) is 49.4 Å². The summed E-state index contributed by atoms with van der Waals surface area (Å²) in [6.45, 7) is 3.85. The van der Waals surface area contributed by atoms with Gasteiger partial charge >= 0.3 is 0 Å². The molecule has 4 nitrogen and oxygen atoms in total. The first-order valence-electron chi connectivity index (χ1n) is 8.15. The zero-order valence-electron chi connectivity index (χ0n) is 14.4. The summed E-state index contributed by atoms with van der Waals surface area (Å²) in [6, 6.07) is 18.7. The lowest BCUT2D eigenvalue weighted by atomic mass is 10.1. The highest BCUT2D eigenvalue weighted by molar-refractivity contribution is 5.94. The molecule has 2 amide bonds. The first kappa shape index (κ1) is 17.7. The average Bonchev–Trinajstić information content (AvgIpc) is 2.61. The minimum Gasteiger partial charge on any atom is -0.349 e. The third-order valence-corrected chi connectivity index (χ3v) is 4.15. The molecule has 0 aliphatic heterocycles. The van der Waals surface area contributed by atoms with Gasteiger partial charge in [-0.25, -0.2) is 0 Å². The molecule has 0 aromatic heterocycles. The van der Waals surface area contributed by atoms with E-state index >= 15 is 0 Å². The molecule has 2 aromatic rings. The van der Waals surface area contributed by atoms with Crippen LogP contribution < -0.4 is 5.32 Å². The fourth-order valence-corrected chi connectivity index (χ4v) is 2.52. The van der Waals surface area contributed by atoms with Gasteiger partial charge in [-0.15, -0.1) is 0 Å². The zero-order valence-corrected chi connectivity index (χ0v) is 14.4. The Morgan fingerprint density at radius 2 is 1.50 bits per heavy atom. The van der Waals surface area contributed by atoms with Crippen LogP contribution in [0, 0.1) is 0 Å². The lowest BCUT2D eigenvalue weighted by Crippen LogP contribution is -2.38. The predicted molar refractivity (Wildman–Crippen MR) is 95.6 cm³/mol. The largest absolute Gasteiger partial charge is 0.349 e. The molecule has 0 bridgehead atoms. The lowest BCUT2D eigenvalue weighted by Gasteiger charge is -2.27. The van der Waals surface area contributed by atoms with E-state index in [0.717, 1.165) is 5.56 Å². The van der Waals surface area contributed by atoms with Crippen molar-refractivity contribution in [3.63, 3.8) is 0 Å². The Hall–Kier alpha value is -2.62. The summed E-state index contributed by atoms with van der Waals surface area (Å²) in [5.74, 6) is -0.151. The van der Waals surface area contributed by atoms with E-state index < -0.39 is 0 Å². The van der Waals surface area contributed by atoms with E-state index in [1.165, 1.54) is 0 Å². The quantitative estimate of drug-likeness (QED) is 0.885. The van der Waals surface area contributed by atoms with Crippen molar-refractivity contribution in [1.82, 2.24) is 10.2 Å². The molecule has 2 rings (SSSR count). The first-order chi connectivity index (χ1) is 11.5. The van der Waals surface area contributed by atoms with Crippen molar-refractivity contribution in [2.45, 2.75) is 32.4 Å². The Balaban J connectivity index is 1.90. The smallest absolute Gasteiger partial charge is 0.251 e. The van der Waals surface area contributed by atoms with E-state index in [0.29, 0.717) is 5.56 Å². The van der Waals surface area contributed by atoms with Crippen molar-refractivity contribution in [1.29, 1.82) is 0 Å². The molecule has 2 unspecified atom stereocenters. The molecule has 4 heteroatoms. The van der Waals surface area contributed by atoms with Crippen LogP contribution in [0.2, 0.25) is 0 Å². The molecule has 1 N–H and O–H groups in total. The fourth-order valence-electron chi connectivity index (χ4n) is 2.52. The maximum atomic E-state index is 12.5. The molecule has 0 saturated carbocycles. The second-order valence-electron chi connectivity index (χ2n) is 6.04. The number of hydrogen-bond donors (Lipinski definition) is 1. The van der Waals surface area contributed by atoms with Gasteiger partial charge in [0.1, 0.15) is 0 Å². The van der Waals surface area contributed by atoms with Crippen molar-refractivity contribution in [3.8, 4) is 0 Å². The summed E-state index contributed by atoms with van der Waals surface area (Å²) < 4.78 is 0. The summed E-state index contributed by atoms with van der Waals surface area (Å²) in [5, 5.41) is 2.87. The number of hydrogen-bond acceptors (Lipinski definition) is 2. The molecule has 2 atom stereocenters. The molecule has 24 heavy (non-hydrogen) atoms. The maximum Gasteiger partial charge on any atom is 0.251 e. The highest BCUT2D eigenvalue weighted by Crippen LogP contribution is 2.19. The summed E-state index contributed by atoms with van der Waals surface area (Å²) in [7, 11) is 1.80. The van der Waals surface area contributed by atoms with Crippen molar-refractivity contribution >= 4 is 11.8 Å². The number of benzene rings is 2. The normalized spacial score (nSPS) is 13.0. The number of nitrogens with zero attached hydrogens (tertiary/aromatic N) is 1. The van der Waals surface area contributed by atoms with Gasteiger partial charge in [0.05, 0.1) is 6.04 Å². The standard InChI is InChI=1S/C20H24N2O2/c1-15(21-20(24)18-12-8-5-9-13-18)14-19(23)22(3)16(2)17-10-6-4-7-11-17/h4-13,15-16H,14H2,1-3H3,(H,21,24). The highest BCUT2D eigenvalue weighted by Gasteiger charge is 2.20. The van der Waals surface area contributed by atoms with Crippen LogP contribution in [0.5, 0.6) is 0 Å². The molecule has 2 aromatic carbocycles. The Morgan fingerprint density at radius 3 is 2.08 bits per heavy atom. The molecule has 0 fully saturated rings. The minimum absolute atomic E-state index is 0.00396. The zero-order chi connectivity index (χ0) is 17.5. The second-order valence-corrected chi connectivity index (χ2v) is 6.04. The van der Waals surface area contributed by atoms with Crippen molar-refractivity contribution in [2.75, 3.05) is 7.05 Å². The molecule has 126 valence electrons. The van der Waals surface area contributed by atoms with Crippen LogP contribution in [0.4, 0.5) is 0 Å². The SMILES string of the molecule is CC(CC(=O)N(C)C(C)c1ccccc1)NC(=O)c1ccccc1. The number of rotatable bonds is 6. The predicted octanol–water partition coefficient (Wildman–Crippen LogP) is 3.41. The number of carbonyl (C=O) groups is 2. The monoisotopic (exact) mass is 324 g/mol. The van der Waals surface area contributed by atoms with Crippen molar-refractivity contribution in [2.24, 2.45) is 0 Å². The van der Waals surface area contributed by atoms with Gasteiger partial charge in [0, 0.05) is 25.1 Å². The third-order valence-electron chi connectivity index (χ3n) is 4.15. The van der Waals surface area contributed by atoms with E-state index in [2.05, 4.69) is 5.32 Å². The van der Waals surface area contributed by atoms with Crippen LogP contribution in [0.25, 0.3) is 0 Å². The average molecular weight is 324 g/mol. The van der Waals surface area contributed by atoms with Gasteiger partial charge in [-0.1, -0.05) is 48.5 Å². The Kier molecular flexibility index (Phi) is 6.13. The van der Waals surface area contributed by atoms with E-state index in [1.54, 1.807) is 24.1 Å². The molecule has 0 saturated heterocycles. The molecule has 0 spiro atoms. The summed E-state index contributed by atoms with van der Waals surface area (Å²) in [6.07, 6.45) is 0.270. The number of amides is 2. The molecular weight excluding hydrogens is 300 g/mol. The summed E-state index contributed by atoms with van der Waals surface area (Å²) in [5.41, 5.74) is 1.69. The van der Waals surface area contributed by atoms with Crippen LogP contribution in [-0.2, 0) is 4.79 Å². The summed E-state index contributed by atoms with van der Waals surface area (Å²) >= 11 is 0. The van der Waals surface area contributed by atoms with E-state index in [9.17, 15) is 9.59 Å². The van der Waals surface area contributed by atoms with Crippen LogP contribution in [0.15, 0.2) is 60.7 Å². The van der Waals surface area contributed by atoms with E-state index in [1.807, 2.05) is 62.4 Å². The van der Waals surface area contributed by atoms with Crippen molar-refractivity contribution in [3.05, 3.63) is 71.8 Å². The minimum atomic E-state index is -0.226. The lowest BCUT2D eigenvalue weighted by molar-refractivity contribution is -0.132. The molecular formula is C20H24N2O2. The van der Waals surface area contributed by atoms with Gasteiger partial charge in [-0.05, 0) is 31.5 Å². The Bertz CT molecular complexity index is 671. The van der Waals surface area contributed by atoms with E-state index in [-0.39, 0.29) is 30.3 Å². The van der Waals surface area contributed by atoms with Gasteiger partial charge < -0.3 is 10.2 Å². The third kappa shape index (κ3) is 4.69. The molecule has 0 radical (unpaired) electrons. The van der Waals surface area contributed by atoms with Crippen molar-refractivity contribution < 1.29 is 9.59 Å².